The first kappa shape index (κ1) is 20.4. The zero-order chi connectivity index (χ0) is 19.8. The monoisotopic (exact) mass is 359 g/mol. The van der Waals surface area contributed by atoms with Gasteiger partial charge in [0.25, 0.3) is 0 Å². The summed E-state index contributed by atoms with van der Waals surface area (Å²) >= 11 is 0. The minimum Gasteiger partial charge on any atom is -0.268 e. The maximum absolute atomic E-state index is 4.15. The van der Waals surface area contributed by atoms with Crippen molar-refractivity contribution in [3.8, 4) is 0 Å². The summed E-state index contributed by atoms with van der Waals surface area (Å²) in [6, 6.07) is 18.9. The Morgan fingerprint density at radius 3 is 1.70 bits per heavy atom. The van der Waals surface area contributed by atoms with Crippen LogP contribution in [0.3, 0.4) is 0 Å². The third kappa shape index (κ3) is 6.70. The van der Waals surface area contributed by atoms with E-state index in [0.29, 0.717) is 0 Å². The van der Waals surface area contributed by atoms with Crippen molar-refractivity contribution in [3.05, 3.63) is 94.9 Å². The number of nitrogens with zero attached hydrogens (tertiary/aromatic N) is 3. The lowest BCUT2D eigenvalue weighted by molar-refractivity contribution is 0.797. The summed E-state index contributed by atoms with van der Waals surface area (Å²) < 4.78 is 1.88. The maximum Gasteiger partial charge on any atom is 0.0679 e. The molecule has 27 heavy (non-hydrogen) atoms. The van der Waals surface area contributed by atoms with Gasteiger partial charge in [-0.1, -0.05) is 53.1 Å². The van der Waals surface area contributed by atoms with E-state index in [2.05, 4.69) is 79.4 Å². The molecule has 0 N–H and O–H groups in total. The predicted molar refractivity (Wildman–Crippen MR) is 115 cm³/mol. The number of aryl methyl sites for hydroxylation is 6. The van der Waals surface area contributed by atoms with Crippen molar-refractivity contribution in [1.29, 1.82) is 0 Å². The minimum absolute atomic E-state index is 1.08. The SMILES string of the molecule is Cc1ccc(C)cc1.Cc1ccc(C)nc1.Cc1ccc2c(cnn2C)c1. The summed E-state index contributed by atoms with van der Waals surface area (Å²) in [7, 11) is 1.96. The van der Waals surface area contributed by atoms with Gasteiger partial charge in [-0.05, 0) is 58.4 Å². The molecule has 0 saturated carbocycles. The fourth-order valence-corrected chi connectivity index (χ4v) is 2.46. The Morgan fingerprint density at radius 1 is 0.630 bits per heavy atom. The second-order valence-corrected chi connectivity index (χ2v) is 6.96. The molecular weight excluding hydrogens is 330 g/mol. The summed E-state index contributed by atoms with van der Waals surface area (Å²) in [5.74, 6) is 0. The minimum atomic E-state index is 1.08. The third-order valence-corrected chi connectivity index (χ3v) is 4.18. The Bertz CT molecular complexity index is 879. The molecule has 0 amide bonds. The van der Waals surface area contributed by atoms with Crippen LogP contribution in [0.4, 0.5) is 0 Å². The van der Waals surface area contributed by atoms with E-state index in [9.17, 15) is 0 Å². The zero-order valence-electron chi connectivity index (χ0n) is 17.2. The van der Waals surface area contributed by atoms with Crippen LogP contribution < -0.4 is 0 Å². The molecule has 0 unspecified atom stereocenters. The molecule has 4 rings (SSSR count). The van der Waals surface area contributed by atoms with E-state index in [1.807, 2.05) is 44.0 Å². The van der Waals surface area contributed by atoms with E-state index >= 15 is 0 Å². The van der Waals surface area contributed by atoms with Crippen molar-refractivity contribution in [3.63, 3.8) is 0 Å². The molecule has 0 spiro atoms. The molecule has 2 aromatic carbocycles. The normalized spacial score (nSPS) is 9.85. The highest BCUT2D eigenvalue weighted by molar-refractivity contribution is 5.79. The van der Waals surface area contributed by atoms with E-state index in [1.54, 1.807) is 0 Å². The molecule has 0 saturated heterocycles. The molecule has 0 atom stereocenters. The highest BCUT2D eigenvalue weighted by Crippen LogP contribution is 2.13. The van der Waals surface area contributed by atoms with E-state index < -0.39 is 0 Å². The highest BCUT2D eigenvalue weighted by Gasteiger charge is 1.96. The number of rotatable bonds is 0. The van der Waals surface area contributed by atoms with Crippen molar-refractivity contribution < 1.29 is 0 Å². The van der Waals surface area contributed by atoms with Gasteiger partial charge in [0, 0.05) is 24.3 Å². The predicted octanol–water partition coefficient (Wildman–Crippen LogP) is 5.88. The van der Waals surface area contributed by atoms with E-state index in [0.717, 1.165) is 5.69 Å². The van der Waals surface area contributed by atoms with Gasteiger partial charge in [0.1, 0.15) is 0 Å². The summed E-state index contributed by atoms with van der Waals surface area (Å²) in [6.07, 6.45) is 3.76. The molecule has 3 nitrogen and oxygen atoms in total. The van der Waals surface area contributed by atoms with E-state index in [-0.39, 0.29) is 0 Å². The number of benzene rings is 2. The van der Waals surface area contributed by atoms with Crippen LogP contribution in [0.2, 0.25) is 0 Å². The summed E-state index contributed by atoms with van der Waals surface area (Å²) in [5.41, 5.74) is 7.43. The second-order valence-electron chi connectivity index (χ2n) is 6.96. The first-order valence-electron chi connectivity index (χ1n) is 9.16. The Morgan fingerprint density at radius 2 is 1.19 bits per heavy atom. The van der Waals surface area contributed by atoms with Crippen molar-refractivity contribution in [2.75, 3.05) is 0 Å². The fourth-order valence-electron chi connectivity index (χ4n) is 2.46. The van der Waals surface area contributed by atoms with Gasteiger partial charge >= 0.3 is 0 Å². The van der Waals surface area contributed by atoms with Crippen LogP contribution in [-0.2, 0) is 7.05 Å². The first-order chi connectivity index (χ1) is 12.8. The maximum atomic E-state index is 4.15. The number of aromatic nitrogens is 3. The topological polar surface area (TPSA) is 30.7 Å². The molecule has 0 aliphatic carbocycles. The summed E-state index contributed by atoms with van der Waals surface area (Å²) in [4.78, 5) is 4.08. The van der Waals surface area contributed by atoms with Gasteiger partial charge in [-0.3, -0.25) is 9.67 Å². The van der Waals surface area contributed by atoms with Gasteiger partial charge in [-0.25, -0.2) is 0 Å². The molecule has 2 heterocycles. The number of fused-ring (bicyclic) bond motifs is 1. The molecule has 0 bridgehead atoms. The lowest BCUT2D eigenvalue weighted by atomic mass is 10.2. The smallest absolute Gasteiger partial charge is 0.0679 e. The van der Waals surface area contributed by atoms with E-state index in [4.69, 9.17) is 0 Å². The van der Waals surface area contributed by atoms with Gasteiger partial charge in [0.15, 0.2) is 0 Å². The summed E-state index contributed by atoms with van der Waals surface area (Å²) in [5, 5.41) is 5.37. The third-order valence-electron chi connectivity index (χ3n) is 4.18. The van der Waals surface area contributed by atoms with Crippen molar-refractivity contribution in [1.82, 2.24) is 14.8 Å². The van der Waals surface area contributed by atoms with Crippen molar-refractivity contribution >= 4 is 10.9 Å². The highest BCUT2D eigenvalue weighted by atomic mass is 15.2. The molecule has 3 heteroatoms. The van der Waals surface area contributed by atoms with Crippen molar-refractivity contribution in [2.24, 2.45) is 7.05 Å². The van der Waals surface area contributed by atoms with Crippen LogP contribution in [0, 0.1) is 34.6 Å². The van der Waals surface area contributed by atoms with Gasteiger partial charge in [0.2, 0.25) is 0 Å². The molecule has 0 fully saturated rings. The van der Waals surface area contributed by atoms with Crippen LogP contribution in [0.5, 0.6) is 0 Å². The molecule has 2 aromatic heterocycles. The molecule has 4 aromatic rings. The van der Waals surface area contributed by atoms with Crippen LogP contribution in [0.15, 0.2) is 67.0 Å². The van der Waals surface area contributed by atoms with Gasteiger partial charge in [0.05, 0.1) is 11.7 Å². The zero-order valence-corrected chi connectivity index (χ0v) is 17.2. The molecule has 0 radical (unpaired) electrons. The van der Waals surface area contributed by atoms with Gasteiger partial charge in [-0.15, -0.1) is 0 Å². The van der Waals surface area contributed by atoms with Crippen LogP contribution in [-0.4, -0.2) is 14.8 Å². The molecular formula is C24H29N3. The fraction of sp³-hybridized carbons (Fsp3) is 0.250. The number of pyridine rings is 1. The van der Waals surface area contributed by atoms with Crippen LogP contribution in [0.25, 0.3) is 10.9 Å². The Labute approximate surface area is 162 Å². The van der Waals surface area contributed by atoms with Crippen molar-refractivity contribution in [2.45, 2.75) is 34.6 Å². The average Bonchev–Trinajstić information content (AvgIpc) is 3.01. The molecule has 0 aliphatic heterocycles. The second kappa shape index (κ2) is 9.67. The lowest BCUT2D eigenvalue weighted by Crippen LogP contribution is -1.87. The number of hydrogen-bond donors (Lipinski definition) is 0. The largest absolute Gasteiger partial charge is 0.268 e. The standard InChI is InChI=1S/C9H10N2.C8H10.C7H9N/c1-7-3-4-9-8(5-7)6-10-11(9)2;1-7-3-5-8(2)6-4-7;1-6-3-4-7(2)8-5-6/h3-6H,1-2H3;3-6H,1-2H3;3-5H,1-2H3. The number of hydrogen-bond acceptors (Lipinski definition) is 2. The average molecular weight is 360 g/mol. The molecule has 140 valence electrons. The quantitative estimate of drug-likeness (QED) is 0.392. The van der Waals surface area contributed by atoms with Crippen LogP contribution in [0.1, 0.15) is 27.9 Å². The van der Waals surface area contributed by atoms with E-state index in [1.165, 1.54) is 33.2 Å². The Kier molecular flexibility index (Phi) is 7.30. The first-order valence-corrected chi connectivity index (χ1v) is 9.16. The van der Waals surface area contributed by atoms with Gasteiger partial charge < -0.3 is 0 Å². The lowest BCUT2D eigenvalue weighted by Gasteiger charge is -1.93. The van der Waals surface area contributed by atoms with Crippen LogP contribution >= 0.6 is 0 Å². The summed E-state index contributed by atoms with van der Waals surface area (Å²) in [6.45, 7) is 10.3. The molecule has 0 aliphatic rings. The Balaban J connectivity index is 0.000000149. The Hall–Kier alpha value is -2.94. The van der Waals surface area contributed by atoms with Gasteiger partial charge in [-0.2, -0.15) is 5.10 Å².